The fraction of sp³-hybridized carbons (Fsp3) is 0.389. The van der Waals surface area contributed by atoms with Crippen LogP contribution in [0.4, 0.5) is 4.79 Å². The second kappa shape index (κ2) is 7.74. The van der Waals surface area contributed by atoms with Crippen molar-refractivity contribution in [2.75, 3.05) is 26.7 Å². The van der Waals surface area contributed by atoms with Gasteiger partial charge in [-0.25, -0.2) is 0 Å². The maximum atomic E-state index is 12.5. The highest BCUT2D eigenvalue weighted by atomic mass is 32.2. The van der Waals surface area contributed by atoms with Crippen molar-refractivity contribution >= 4 is 34.9 Å². The lowest BCUT2D eigenvalue weighted by atomic mass is 10.1. The number of likely N-dealkylation sites (tertiary alicyclic amines) is 1. The van der Waals surface area contributed by atoms with Crippen LogP contribution in [0.5, 0.6) is 5.75 Å². The molecule has 1 aromatic rings. The number of imide groups is 1. The SMILES string of the molecule is COc1cccc(/C=C2\SC(=O)N(CC(=O)N3CCCCC3)C2=O)c1. The summed E-state index contributed by atoms with van der Waals surface area (Å²) in [4.78, 5) is 40.1. The minimum atomic E-state index is -0.414. The highest BCUT2D eigenvalue weighted by molar-refractivity contribution is 8.18. The molecule has 0 N–H and O–H groups in total. The summed E-state index contributed by atoms with van der Waals surface area (Å²) in [5.74, 6) is 0.0982. The normalized spacial score (nSPS) is 19.6. The zero-order valence-electron chi connectivity index (χ0n) is 14.1. The van der Waals surface area contributed by atoms with Gasteiger partial charge in [-0.05, 0) is 54.8 Å². The van der Waals surface area contributed by atoms with Crippen molar-refractivity contribution in [3.8, 4) is 5.75 Å². The zero-order chi connectivity index (χ0) is 17.8. The van der Waals surface area contributed by atoms with Gasteiger partial charge in [0.1, 0.15) is 12.3 Å². The van der Waals surface area contributed by atoms with Crippen molar-refractivity contribution in [2.45, 2.75) is 19.3 Å². The van der Waals surface area contributed by atoms with Crippen LogP contribution in [0.1, 0.15) is 24.8 Å². The molecule has 3 rings (SSSR count). The first-order chi connectivity index (χ1) is 12.1. The molecule has 2 fully saturated rings. The number of hydrogen-bond acceptors (Lipinski definition) is 5. The molecule has 2 aliphatic rings. The number of nitrogens with zero attached hydrogens (tertiary/aromatic N) is 2. The Morgan fingerprint density at radius 1 is 1.24 bits per heavy atom. The number of rotatable bonds is 4. The number of hydrogen-bond donors (Lipinski definition) is 0. The number of carbonyl (C=O) groups is 3. The van der Waals surface area contributed by atoms with Crippen LogP contribution in [0.3, 0.4) is 0 Å². The van der Waals surface area contributed by atoms with Crippen LogP contribution < -0.4 is 4.74 Å². The van der Waals surface area contributed by atoms with Gasteiger partial charge in [-0.1, -0.05) is 12.1 Å². The Labute approximate surface area is 150 Å². The van der Waals surface area contributed by atoms with Crippen LogP contribution in [0.2, 0.25) is 0 Å². The van der Waals surface area contributed by atoms with Crippen molar-refractivity contribution in [1.82, 2.24) is 9.80 Å². The fourth-order valence-corrected chi connectivity index (χ4v) is 3.74. The average Bonchev–Trinajstić information content (AvgIpc) is 2.90. The largest absolute Gasteiger partial charge is 0.497 e. The number of benzene rings is 1. The Balaban J connectivity index is 1.71. The molecule has 2 aliphatic heterocycles. The lowest BCUT2D eigenvalue weighted by molar-refractivity contribution is -0.136. The number of carbonyl (C=O) groups excluding carboxylic acids is 3. The van der Waals surface area contributed by atoms with Crippen molar-refractivity contribution in [3.63, 3.8) is 0 Å². The fourth-order valence-electron chi connectivity index (χ4n) is 2.90. The van der Waals surface area contributed by atoms with E-state index in [0.29, 0.717) is 23.7 Å². The first-order valence-electron chi connectivity index (χ1n) is 8.25. The van der Waals surface area contributed by atoms with Crippen molar-refractivity contribution in [2.24, 2.45) is 0 Å². The van der Waals surface area contributed by atoms with Crippen molar-refractivity contribution in [1.29, 1.82) is 0 Å². The molecule has 0 unspecified atom stereocenters. The summed E-state index contributed by atoms with van der Waals surface area (Å²) in [7, 11) is 1.57. The van der Waals surface area contributed by atoms with Gasteiger partial charge in [0, 0.05) is 13.1 Å². The molecule has 2 heterocycles. The second-order valence-corrected chi connectivity index (χ2v) is 6.98. The highest BCUT2D eigenvalue weighted by Gasteiger charge is 2.37. The smallest absolute Gasteiger partial charge is 0.294 e. The van der Waals surface area contributed by atoms with Crippen molar-refractivity contribution < 1.29 is 19.1 Å². The topological polar surface area (TPSA) is 66.9 Å². The Kier molecular flexibility index (Phi) is 5.43. The van der Waals surface area contributed by atoms with Gasteiger partial charge in [-0.2, -0.15) is 0 Å². The number of ether oxygens (including phenoxy) is 1. The molecule has 7 heteroatoms. The minimum Gasteiger partial charge on any atom is -0.497 e. The van der Waals surface area contributed by atoms with Crippen LogP contribution in [0.25, 0.3) is 6.08 Å². The van der Waals surface area contributed by atoms with Crippen LogP contribution in [0.15, 0.2) is 29.2 Å². The molecule has 2 saturated heterocycles. The summed E-state index contributed by atoms with van der Waals surface area (Å²) in [6, 6.07) is 7.23. The Hall–Kier alpha value is -2.28. The Bertz CT molecular complexity index is 726. The van der Waals surface area contributed by atoms with E-state index >= 15 is 0 Å². The first-order valence-corrected chi connectivity index (χ1v) is 9.07. The van der Waals surface area contributed by atoms with Gasteiger partial charge in [0.15, 0.2) is 0 Å². The predicted octanol–water partition coefficient (Wildman–Crippen LogP) is 2.74. The van der Waals surface area contributed by atoms with E-state index in [0.717, 1.165) is 41.5 Å². The molecule has 0 saturated carbocycles. The first kappa shape index (κ1) is 17.5. The Morgan fingerprint density at radius 2 is 2.00 bits per heavy atom. The van der Waals surface area contributed by atoms with E-state index in [1.165, 1.54) is 0 Å². The highest BCUT2D eigenvalue weighted by Crippen LogP contribution is 2.32. The molecule has 0 aromatic heterocycles. The van der Waals surface area contributed by atoms with E-state index in [2.05, 4.69) is 0 Å². The van der Waals surface area contributed by atoms with Crippen LogP contribution in [0, 0.1) is 0 Å². The molecule has 0 atom stereocenters. The molecule has 25 heavy (non-hydrogen) atoms. The number of piperidine rings is 1. The van der Waals surface area contributed by atoms with Crippen LogP contribution in [-0.4, -0.2) is 53.6 Å². The van der Waals surface area contributed by atoms with Gasteiger partial charge in [0.2, 0.25) is 5.91 Å². The third kappa shape index (κ3) is 4.04. The number of amides is 3. The summed E-state index contributed by atoms with van der Waals surface area (Å²) < 4.78 is 5.16. The molecule has 0 aliphatic carbocycles. The molecular weight excluding hydrogens is 340 g/mol. The van der Waals surface area contributed by atoms with Gasteiger partial charge in [0.05, 0.1) is 12.0 Å². The standard InChI is InChI=1S/C18H20N2O4S/c1-24-14-7-5-6-13(10-14)11-15-17(22)20(18(23)25-15)12-16(21)19-8-3-2-4-9-19/h5-7,10-11H,2-4,8-9,12H2,1H3/b15-11-. The van der Waals surface area contributed by atoms with E-state index in [-0.39, 0.29) is 12.5 Å². The minimum absolute atomic E-state index is 0.162. The van der Waals surface area contributed by atoms with E-state index in [9.17, 15) is 14.4 Å². The van der Waals surface area contributed by atoms with E-state index in [4.69, 9.17) is 4.74 Å². The molecule has 0 spiro atoms. The van der Waals surface area contributed by atoms with Crippen molar-refractivity contribution in [3.05, 3.63) is 34.7 Å². The third-order valence-electron chi connectivity index (χ3n) is 4.27. The van der Waals surface area contributed by atoms with Crippen LogP contribution in [-0.2, 0) is 9.59 Å². The summed E-state index contributed by atoms with van der Waals surface area (Å²) in [5, 5.41) is -0.399. The second-order valence-electron chi connectivity index (χ2n) is 5.99. The quantitative estimate of drug-likeness (QED) is 0.773. The Morgan fingerprint density at radius 3 is 2.72 bits per heavy atom. The molecule has 3 amide bonds. The lowest BCUT2D eigenvalue weighted by Gasteiger charge is -2.27. The third-order valence-corrected chi connectivity index (χ3v) is 5.17. The van der Waals surface area contributed by atoms with E-state index in [1.54, 1.807) is 30.2 Å². The van der Waals surface area contributed by atoms with Crippen LogP contribution >= 0.6 is 11.8 Å². The summed E-state index contributed by atoms with van der Waals surface area (Å²) in [6.45, 7) is 1.23. The molecule has 132 valence electrons. The van der Waals surface area contributed by atoms with E-state index < -0.39 is 11.1 Å². The predicted molar refractivity (Wildman–Crippen MR) is 96.1 cm³/mol. The molecule has 1 aromatic carbocycles. The van der Waals surface area contributed by atoms with Gasteiger partial charge in [-0.3, -0.25) is 19.3 Å². The number of thioether (sulfide) groups is 1. The van der Waals surface area contributed by atoms with E-state index in [1.807, 2.05) is 12.1 Å². The van der Waals surface area contributed by atoms with Gasteiger partial charge in [0.25, 0.3) is 11.1 Å². The maximum absolute atomic E-state index is 12.5. The lowest BCUT2D eigenvalue weighted by Crippen LogP contribution is -2.44. The number of methoxy groups -OCH3 is 1. The zero-order valence-corrected chi connectivity index (χ0v) is 14.9. The molecule has 0 bridgehead atoms. The summed E-state index contributed by atoms with van der Waals surface area (Å²) >= 11 is 0.866. The monoisotopic (exact) mass is 360 g/mol. The summed E-state index contributed by atoms with van der Waals surface area (Å²) in [5.41, 5.74) is 0.771. The van der Waals surface area contributed by atoms with Gasteiger partial charge >= 0.3 is 0 Å². The molecule has 0 radical (unpaired) electrons. The summed E-state index contributed by atoms with van der Waals surface area (Å²) in [6.07, 6.45) is 4.72. The average molecular weight is 360 g/mol. The maximum Gasteiger partial charge on any atom is 0.294 e. The van der Waals surface area contributed by atoms with Gasteiger partial charge in [-0.15, -0.1) is 0 Å². The molecule has 6 nitrogen and oxygen atoms in total. The van der Waals surface area contributed by atoms with Gasteiger partial charge < -0.3 is 9.64 Å². The molecular formula is C18H20N2O4S.